The van der Waals surface area contributed by atoms with E-state index in [4.69, 9.17) is 5.11 Å². The van der Waals surface area contributed by atoms with Crippen LogP contribution in [-0.2, 0) is 4.79 Å². The fraction of sp³-hybridized carbons (Fsp3) is 0.385. The highest BCUT2D eigenvalue weighted by Crippen LogP contribution is 2.24. The summed E-state index contributed by atoms with van der Waals surface area (Å²) in [6.45, 7) is 3.62. The van der Waals surface area contributed by atoms with Gasteiger partial charge < -0.3 is 15.5 Å². The number of carbonyl (C=O) groups excluding carboxylic acids is 1. The highest BCUT2D eigenvalue weighted by Gasteiger charge is 2.25. The van der Waals surface area contributed by atoms with E-state index in [0.717, 1.165) is 0 Å². The predicted octanol–water partition coefficient (Wildman–Crippen LogP) is 2.38. The molecule has 19 heavy (non-hydrogen) atoms. The zero-order valence-electron chi connectivity index (χ0n) is 10.7. The van der Waals surface area contributed by atoms with Gasteiger partial charge in [0.15, 0.2) is 0 Å². The second kappa shape index (κ2) is 6.56. The van der Waals surface area contributed by atoms with Gasteiger partial charge in [-0.15, -0.1) is 0 Å². The van der Waals surface area contributed by atoms with Gasteiger partial charge >= 0.3 is 5.97 Å². The molecule has 0 aliphatic rings. The van der Waals surface area contributed by atoms with Gasteiger partial charge in [-0.25, -0.2) is 4.79 Å². The molecule has 1 aromatic carbocycles. The largest absolute Gasteiger partial charge is 0.507 e. The lowest BCUT2D eigenvalue weighted by Crippen LogP contribution is -2.45. The number of rotatable bonds is 5. The van der Waals surface area contributed by atoms with Gasteiger partial charge in [-0.1, -0.05) is 20.3 Å². The van der Waals surface area contributed by atoms with Gasteiger partial charge in [0.25, 0.3) is 5.91 Å². The van der Waals surface area contributed by atoms with Crippen molar-refractivity contribution in [3.63, 3.8) is 0 Å². The Morgan fingerprint density at radius 2 is 2.05 bits per heavy atom. The van der Waals surface area contributed by atoms with E-state index in [1.807, 2.05) is 6.92 Å². The maximum Gasteiger partial charge on any atom is 0.326 e. The predicted molar refractivity (Wildman–Crippen MR) is 74.2 cm³/mol. The molecule has 1 aromatic rings. The second-order valence-electron chi connectivity index (χ2n) is 4.34. The number of amides is 1. The maximum atomic E-state index is 11.9. The average Bonchev–Trinajstić information content (AvgIpc) is 2.37. The summed E-state index contributed by atoms with van der Waals surface area (Å²) in [7, 11) is 0. The third-order valence-electron chi connectivity index (χ3n) is 2.97. The van der Waals surface area contributed by atoms with E-state index in [9.17, 15) is 14.7 Å². The minimum atomic E-state index is -1.07. The van der Waals surface area contributed by atoms with Gasteiger partial charge in [-0.2, -0.15) is 0 Å². The standard InChI is InChI=1S/C13H16BrNO4/c1-3-7(2)11(13(18)19)15-12(17)8-4-5-9(14)10(16)6-8/h4-7,11,16H,3H2,1-2H3,(H,15,17)(H,18,19). The molecule has 0 saturated heterocycles. The minimum absolute atomic E-state index is 0.0666. The summed E-state index contributed by atoms with van der Waals surface area (Å²) < 4.78 is 0.473. The smallest absolute Gasteiger partial charge is 0.326 e. The molecule has 0 spiro atoms. The second-order valence-corrected chi connectivity index (χ2v) is 5.20. The summed E-state index contributed by atoms with van der Waals surface area (Å²) in [5, 5.41) is 21.1. The summed E-state index contributed by atoms with van der Waals surface area (Å²) in [6.07, 6.45) is 0.642. The molecule has 1 amide bonds. The quantitative estimate of drug-likeness (QED) is 0.774. The van der Waals surface area contributed by atoms with Gasteiger partial charge in [0, 0.05) is 5.56 Å². The molecule has 0 aromatic heterocycles. The molecule has 0 aliphatic heterocycles. The monoisotopic (exact) mass is 329 g/mol. The fourth-order valence-electron chi connectivity index (χ4n) is 1.56. The Bertz CT molecular complexity index is 490. The molecule has 2 atom stereocenters. The minimum Gasteiger partial charge on any atom is -0.507 e. The molecule has 5 nitrogen and oxygen atoms in total. The van der Waals surface area contributed by atoms with E-state index in [-0.39, 0.29) is 17.2 Å². The molecule has 0 fully saturated rings. The highest BCUT2D eigenvalue weighted by molar-refractivity contribution is 9.10. The van der Waals surface area contributed by atoms with Crippen LogP contribution in [0.25, 0.3) is 0 Å². The number of aliphatic carboxylic acids is 1. The lowest BCUT2D eigenvalue weighted by Gasteiger charge is -2.20. The van der Waals surface area contributed by atoms with Crippen molar-refractivity contribution in [1.29, 1.82) is 0 Å². The van der Waals surface area contributed by atoms with Crippen LogP contribution >= 0.6 is 15.9 Å². The number of halogens is 1. The summed E-state index contributed by atoms with van der Waals surface area (Å²) in [5.41, 5.74) is 0.218. The number of carboxylic acid groups (broad SMARTS) is 1. The molecule has 0 aliphatic carbocycles. The van der Waals surface area contributed by atoms with Crippen LogP contribution < -0.4 is 5.32 Å². The van der Waals surface area contributed by atoms with Gasteiger partial charge in [0.1, 0.15) is 11.8 Å². The van der Waals surface area contributed by atoms with Crippen molar-refractivity contribution in [3.8, 4) is 5.75 Å². The topological polar surface area (TPSA) is 86.6 Å². The average molecular weight is 330 g/mol. The van der Waals surface area contributed by atoms with Crippen molar-refractivity contribution >= 4 is 27.8 Å². The Balaban J connectivity index is 2.87. The van der Waals surface area contributed by atoms with Crippen LogP contribution in [0, 0.1) is 5.92 Å². The third-order valence-corrected chi connectivity index (χ3v) is 3.64. The van der Waals surface area contributed by atoms with E-state index in [2.05, 4.69) is 21.2 Å². The van der Waals surface area contributed by atoms with Crippen LogP contribution in [-0.4, -0.2) is 28.1 Å². The first-order valence-corrected chi connectivity index (χ1v) is 6.68. The first-order valence-electron chi connectivity index (χ1n) is 5.89. The number of hydrogen-bond donors (Lipinski definition) is 3. The van der Waals surface area contributed by atoms with Crippen molar-refractivity contribution in [3.05, 3.63) is 28.2 Å². The van der Waals surface area contributed by atoms with E-state index < -0.39 is 17.9 Å². The number of carbonyl (C=O) groups is 2. The first-order chi connectivity index (χ1) is 8.86. The Kier molecular flexibility index (Phi) is 5.35. The van der Waals surface area contributed by atoms with E-state index in [1.165, 1.54) is 18.2 Å². The SMILES string of the molecule is CCC(C)C(NC(=O)c1ccc(Br)c(O)c1)C(=O)O. The molecule has 0 heterocycles. The van der Waals surface area contributed by atoms with E-state index in [0.29, 0.717) is 10.9 Å². The Labute approximate surface area is 119 Å². The highest BCUT2D eigenvalue weighted by atomic mass is 79.9. The van der Waals surface area contributed by atoms with Crippen LogP contribution in [0.2, 0.25) is 0 Å². The van der Waals surface area contributed by atoms with Crippen molar-refractivity contribution in [2.24, 2.45) is 5.92 Å². The summed E-state index contributed by atoms with van der Waals surface area (Å²) in [4.78, 5) is 23.1. The van der Waals surface area contributed by atoms with Crippen LogP contribution in [0.3, 0.4) is 0 Å². The van der Waals surface area contributed by atoms with Gasteiger partial charge in [0.05, 0.1) is 4.47 Å². The molecule has 3 N–H and O–H groups in total. The third kappa shape index (κ3) is 3.96. The van der Waals surface area contributed by atoms with Gasteiger partial charge in [-0.05, 0) is 40.0 Å². The normalized spacial score (nSPS) is 13.6. The van der Waals surface area contributed by atoms with Crippen molar-refractivity contribution < 1.29 is 19.8 Å². The number of benzene rings is 1. The molecular weight excluding hydrogens is 314 g/mol. The number of nitrogens with one attached hydrogen (secondary N) is 1. The molecule has 0 saturated carbocycles. The lowest BCUT2D eigenvalue weighted by atomic mass is 9.99. The van der Waals surface area contributed by atoms with Crippen LogP contribution in [0.15, 0.2) is 22.7 Å². The molecule has 0 bridgehead atoms. The summed E-state index contributed by atoms with van der Waals surface area (Å²) in [6, 6.07) is 3.38. The van der Waals surface area contributed by atoms with E-state index >= 15 is 0 Å². The van der Waals surface area contributed by atoms with Crippen LogP contribution in [0.4, 0.5) is 0 Å². The Morgan fingerprint density at radius 1 is 1.42 bits per heavy atom. The summed E-state index contributed by atoms with van der Waals surface area (Å²) >= 11 is 3.11. The van der Waals surface area contributed by atoms with Crippen molar-refractivity contribution in [2.75, 3.05) is 0 Å². The number of phenols is 1. The van der Waals surface area contributed by atoms with Crippen molar-refractivity contribution in [2.45, 2.75) is 26.3 Å². The summed E-state index contributed by atoms with van der Waals surface area (Å²) in [5.74, 6) is -1.83. The molecule has 0 radical (unpaired) electrons. The zero-order valence-corrected chi connectivity index (χ0v) is 12.3. The Morgan fingerprint density at radius 3 is 2.53 bits per heavy atom. The van der Waals surface area contributed by atoms with Crippen LogP contribution in [0.5, 0.6) is 5.75 Å². The number of aromatic hydroxyl groups is 1. The van der Waals surface area contributed by atoms with Gasteiger partial charge in [0.2, 0.25) is 0 Å². The first kappa shape index (κ1) is 15.5. The number of hydrogen-bond acceptors (Lipinski definition) is 3. The zero-order chi connectivity index (χ0) is 14.6. The number of phenolic OH excluding ortho intramolecular Hbond substituents is 1. The fourth-order valence-corrected chi connectivity index (χ4v) is 1.81. The molecule has 2 unspecified atom stereocenters. The van der Waals surface area contributed by atoms with Crippen molar-refractivity contribution in [1.82, 2.24) is 5.32 Å². The Hall–Kier alpha value is -1.56. The lowest BCUT2D eigenvalue weighted by molar-refractivity contribution is -0.140. The molecule has 1 rings (SSSR count). The molecule has 104 valence electrons. The van der Waals surface area contributed by atoms with Crippen LogP contribution in [0.1, 0.15) is 30.6 Å². The maximum absolute atomic E-state index is 11.9. The van der Waals surface area contributed by atoms with E-state index in [1.54, 1.807) is 6.92 Å². The molecule has 6 heteroatoms. The molecular formula is C13H16BrNO4. The number of carboxylic acids is 1. The van der Waals surface area contributed by atoms with Gasteiger partial charge in [-0.3, -0.25) is 4.79 Å².